The van der Waals surface area contributed by atoms with E-state index in [-0.39, 0.29) is 17.1 Å². The summed E-state index contributed by atoms with van der Waals surface area (Å²) in [5, 5.41) is 0.0233. The fourth-order valence-electron chi connectivity index (χ4n) is 3.91. The first kappa shape index (κ1) is 16.9. The fourth-order valence-corrected chi connectivity index (χ4v) is 5.19. The minimum Gasteiger partial charge on any atom is -0.342 e. The highest BCUT2D eigenvalue weighted by molar-refractivity contribution is 8.01. The first-order valence-corrected chi connectivity index (χ1v) is 10.1. The molecule has 0 aromatic heterocycles. The zero-order chi connectivity index (χ0) is 17.2. The van der Waals surface area contributed by atoms with Gasteiger partial charge in [-0.15, -0.1) is 11.8 Å². The van der Waals surface area contributed by atoms with Crippen LogP contribution in [0.3, 0.4) is 0 Å². The van der Waals surface area contributed by atoms with Crippen LogP contribution < -0.4 is 0 Å². The molecule has 1 aromatic rings. The molecule has 3 aliphatic rings. The number of likely N-dealkylation sites (tertiary alicyclic amines) is 1. The molecule has 1 atom stereocenters. The normalized spacial score (nSPS) is 23.8. The van der Waals surface area contributed by atoms with E-state index in [1.54, 1.807) is 11.8 Å². The van der Waals surface area contributed by atoms with Crippen LogP contribution in [0.5, 0.6) is 0 Å². The van der Waals surface area contributed by atoms with Crippen molar-refractivity contribution in [3.05, 3.63) is 29.8 Å². The largest absolute Gasteiger partial charge is 0.342 e. The first-order valence-electron chi connectivity index (χ1n) is 9.24. The van der Waals surface area contributed by atoms with E-state index in [0.717, 1.165) is 58.5 Å². The van der Waals surface area contributed by atoms with Gasteiger partial charge in [0.05, 0.1) is 11.8 Å². The number of carbonyl (C=O) groups is 2. The van der Waals surface area contributed by atoms with Gasteiger partial charge in [-0.25, -0.2) is 0 Å². The van der Waals surface area contributed by atoms with E-state index in [2.05, 4.69) is 17.0 Å². The van der Waals surface area contributed by atoms with Crippen LogP contribution in [0.1, 0.15) is 18.4 Å². The second-order valence-electron chi connectivity index (χ2n) is 7.11. The van der Waals surface area contributed by atoms with Crippen LogP contribution in [0.4, 0.5) is 0 Å². The molecule has 2 amide bonds. The molecule has 0 aliphatic carbocycles. The Labute approximate surface area is 153 Å². The maximum Gasteiger partial charge on any atom is 0.236 e. The topological polar surface area (TPSA) is 43.9 Å². The highest BCUT2D eigenvalue weighted by Gasteiger charge is 2.33. The summed E-state index contributed by atoms with van der Waals surface area (Å²) in [5.74, 6) is 0.505. The minimum absolute atomic E-state index is 0.0233. The lowest BCUT2D eigenvalue weighted by atomic mass is 10.1. The van der Waals surface area contributed by atoms with Crippen LogP contribution in [0.25, 0.3) is 0 Å². The van der Waals surface area contributed by atoms with E-state index < -0.39 is 0 Å². The lowest BCUT2D eigenvalue weighted by Gasteiger charge is -2.36. The Morgan fingerprint density at radius 1 is 0.960 bits per heavy atom. The molecule has 4 rings (SSSR count). The quantitative estimate of drug-likeness (QED) is 0.820. The van der Waals surface area contributed by atoms with Crippen molar-refractivity contribution in [2.45, 2.75) is 29.4 Å². The SMILES string of the molecule is O=C(CN1CCN(C(=O)[C@@H]2Cc3ccccc3S2)CC1)N1CCCC1. The van der Waals surface area contributed by atoms with Crippen LogP contribution in [0, 0.1) is 0 Å². The smallest absolute Gasteiger partial charge is 0.236 e. The first-order chi connectivity index (χ1) is 12.2. The van der Waals surface area contributed by atoms with Gasteiger partial charge in [0.2, 0.25) is 11.8 Å². The van der Waals surface area contributed by atoms with Gasteiger partial charge in [-0.3, -0.25) is 14.5 Å². The Morgan fingerprint density at radius 2 is 1.68 bits per heavy atom. The van der Waals surface area contributed by atoms with Crippen molar-refractivity contribution < 1.29 is 9.59 Å². The van der Waals surface area contributed by atoms with Crippen LogP contribution in [-0.2, 0) is 16.0 Å². The zero-order valence-corrected chi connectivity index (χ0v) is 15.3. The molecule has 3 aliphatic heterocycles. The predicted octanol–water partition coefficient (Wildman–Crippen LogP) is 1.47. The Balaban J connectivity index is 1.26. The Kier molecular flexibility index (Phi) is 4.99. The number of thioether (sulfide) groups is 1. The lowest BCUT2D eigenvalue weighted by molar-refractivity contribution is -0.134. The molecule has 0 bridgehead atoms. The number of benzene rings is 1. The molecule has 0 radical (unpaired) electrons. The van der Waals surface area contributed by atoms with E-state index in [1.807, 2.05) is 21.9 Å². The highest BCUT2D eigenvalue weighted by atomic mass is 32.2. The van der Waals surface area contributed by atoms with Gasteiger partial charge in [0.15, 0.2) is 0 Å². The maximum absolute atomic E-state index is 12.8. The van der Waals surface area contributed by atoms with Gasteiger partial charge in [-0.05, 0) is 30.9 Å². The molecule has 1 aromatic carbocycles. The van der Waals surface area contributed by atoms with Gasteiger partial charge in [0.25, 0.3) is 0 Å². The molecule has 6 heteroatoms. The number of hydrogen-bond acceptors (Lipinski definition) is 4. The molecule has 0 saturated carbocycles. The Bertz CT molecular complexity index is 627. The number of nitrogens with zero attached hydrogens (tertiary/aromatic N) is 3. The summed E-state index contributed by atoms with van der Waals surface area (Å²) >= 11 is 1.70. The van der Waals surface area contributed by atoms with Gasteiger partial charge < -0.3 is 9.80 Å². The molecule has 0 unspecified atom stereocenters. The van der Waals surface area contributed by atoms with Crippen molar-refractivity contribution in [1.82, 2.24) is 14.7 Å². The van der Waals surface area contributed by atoms with Gasteiger partial charge >= 0.3 is 0 Å². The molecule has 2 fully saturated rings. The van der Waals surface area contributed by atoms with E-state index >= 15 is 0 Å². The van der Waals surface area contributed by atoms with E-state index in [9.17, 15) is 9.59 Å². The Morgan fingerprint density at radius 3 is 2.40 bits per heavy atom. The van der Waals surface area contributed by atoms with Gasteiger partial charge in [-0.2, -0.15) is 0 Å². The number of amides is 2. The second kappa shape index (κ2) is 7.38. The number of fused-ring (bicyclic) bond motifs is 1. The van der Waals surface area contributed by atoms with Gasteiger partial charge in [-0.1, -0.05) is 18.2 Å². The molecular formula is C19H25N3O2S. The third kappa shape index (κ3) is 3.70. The monoisotopic (exact) mass is 359 g/mol. The van der Waals surface area contributed by atoms with Crippen LogP contribution in [-0.4, -0.2) is 77.6 Å². The number of rotatable bonds is 3. The highest BCUT2D eigenvalue weighted by Crippen LogP contribution is 2.37. The van der Waals surface area contributed by atoms with Crippen molar-refractivity contribution in [3.8, 4) is 0 Å². The summed E-state index contributed by atoms with van der Waals surface area (Å²) in [6.45, 7) is 5.41. The molecule has 2 saturated heterocycles. The van der Waals surface area contributed by atoms with E-state index in [1.165, 1.54) is 10.5 Å². The lowest BCUT2D eigenvalue weighted by Crippen LogP contribution is -2.53. The second-order valence-corrected chi connectivity index (χ2v) is 8.35. The van der Waals surface area contributed by atoms with Crippen molar-refractivity contribution in [1.29, 1.82) is 0 Å². The summed E-state index contributed by atoms with van der Waals surface area (Å²) in [6, 6.07) is 8.31. The fraction of sp³-hybridized carbons (Fsp3) is 0.579. The van der Waals surface area contributed by atoms with Gasteiger partial charge in [0, 0.05) is 44.2 Å². The van der Waals surface area contributed by atoms with Crippen molar-refractivity contribution in [2.75, 3.05) is 45.8 Å². The van der Waals surface area contributed by atoms with Crippen LogP contribution in [0.15, 0.2) is 29.2 Å². The predicted molar refractivity (Wildman–Crippen MR) is 98.6 cm³/mol. The van der Waals surface area contributed by atoms with Gasteiger partial charge in [0.1, 0.15) is 0 Å². The zero-order valence-electron chi connectivity index (χ0n) is 14.5. The summed E-state index contributed by atoms with van der Waals surface area (Å²) in [5.41, 5.74) is 1.29. The van der Waals surface area contributed by atoms with Crippen molar-refractivity contribution in [3.63, 3.8) is 0 Å². The van der Waals surface area contributed by atoms with Crippen molar-refractivity contribution in [2.24, 2.45) is 0 Å². The van der Waals surface area contributed by atoms with Crippen LogP contribution >= 0.6 is 11.8 Å². The number of carbonyl (C=O) groups excluding carboxylic acids is 2. The summed E-state index contributed by atoms with van der Waals surface area (Å²) < 4.78 is 0. The Hall–Kier alpha value is -1.53. The molecular weight excluding hydrogens is 334 g/mol. The molecule has 3 heterocycles. The summed E-state index contributed by atoms with van der Waals surface area (Å²) in [7, 11) is 0. The average molecular weight is 359 g/mol. The third-order valence-corrected chi connectivity index (χ3v) is 6.73. The summed E-state index contributed by atoms with van der Waals surface area (Å²) in [4.78, 5) is 32.5. The average Bonchev–Trinajstić information content (AvgIpc) is 3.31. The molecule has 0 N–H and O–H groups in total. The molecule has 25 heavy (non-hydrogen) atoms. The molecule has 5 nitrogen and oxygen atoms in total. The summed E-state index contributed by atoms with van der Waals surface area (Å²) in [6.07, 6.45) is 3.11. The third-order valence-electron chi connectivity index (χ3n) is 5.42. The molecule has 134 valence electrons. The standard InChI is InChI=1S/C19H25N3O2S/c23-18(21-7-3-4-8-21)14-20-9-11-22(12-10-20)19(24)17-13-15-5-1-2-6-16(15)25-17/h1-2,5-6,17H,3-4,7-14H2/t17-/m0/s1. The number of hydrogen-bond donors (Lipinski definition) is 0. The maximum atomic E-state index is 12.8. The van der Waals surface area contributed by atoms with E-state index in [4.69, 9.17) is 0 Å². The van der Waals surface area contributed by atoms with E-state index in [0.29, 0.717) is 6.54 Å². The molecule has 0 spiro atoms. The van der Waals surface area contributed by atoms with Crippen molar-refractivity contribution >= 4 is 23.6 Å². The number of piperazine rings is 1. The van der Waals surface area contributed by atoms with Crippen LogP contribution in [0.2, 0.25) is 0 Å². The minimum atomic E-state index is 0.0233.